The van der Waals surface area contributed by atoms with Crippen molar-refractivity contribution in [2.75, 3.05) is 7.11 Å². The van der Waals surface area contributed by atoms with Crippen LogP contribution in [0.15, 0.2) is 36.4 Å². The first kappa shape index (κ1) is 13.1. The standard InChI is InChI=1S/C16H16O3/c1-10-5-4-6-11(2)15(10)12-7-13(16(18)19-3)9-14(17)8-12/h4-9,17H,1-3H3. The van der Waals surface area contributed by atoms with Crippen LogP contribution in [0, 0.1) is 13.8 Å². The smallest absolute Gasteiger partial charge is 0.338 e. The van der Waals surface area contributed by atoms with Crippen LogP contribution in [0.25, 0.3) is 11.1 Å². The predicted octanol–water partition coefficient (Wildman–Crippen LogP) is 3.46. The Bertz CT molecular complexity index is 610. The zero-order valence-corrected chi connectivity index (χ0v) is 11.2. The van der Waals surface area contributed by atoms with E-state index in [-0.39, 0.29) is 5.75 Å². The van der Waals surface area contributed by atoms with E-state index in [0.717, 1.165) is 22.3 Å². The van der Waals surface area contributed by atoms with Gasteiger partial charge in [-0.2, -0.15) is 0 Å². The topological polar surface area (TPSA) is 46.5 Å². The Labute approximate surface area is 112 Å². The summed E-state index contributed by atoms with van der Waals surface area (Å²) in [7, 11) is 1.32. The maximum atomic E-state index is 11.6. The molecule has 19 heavy (non-hydrogen) atoms. The summed E-state index contributed by atoms with van der Waals surface area (Å²) in [6.45, 7) is 4.01. The average Bonchev–Trinajstić information content (AvgIpc) is 2.37. The first-order chi connectivity index (χ1) is 9.02. The quantitative estimate of drug-likeness (QED) is 0.837. The van der Waals surface area contributed by atoms with Crippen LogP contribution in [0.3, 0.4) is 0 Å². The molecule has 3 nitrogen and oxygen atoms in total. The number of ether oxygens (including phenoxy) is 1. The van der Waals surface area contributed by atoms with Gasteiger partial charge >= 0.3 is 5.97 Å². The molecule has 3 heteroatoms. The van der Waals surface area contributed by atoms with E-state index in [2.05, 4.69) is 0 Å². The lowest BCUT2D eigenvalue weighted by Gasteiger charge is -2.11. The van der Waals surface area contributed by atoms with Gasteiger partial charge < -0.3 is 9.84 Å². The Kier molecular flexibility index (Phi) is 3.56. The number of aryl methyl sites for hydroxylation is 2. The minimum atomic E-state index is -0.455. The van der Waals surface area contributed by atoms with Gasteiger partial charge in [-0.3, -0.25) is 0 Å². The van der Waals surface area contributed by atoms with Gasteiger partial charge in [0.2, 0.25) is 0 Å². The maximum Gasteiger partial charge on any atom is 0.338 e. The number of esters is 1. The molecular formula is C16H16O3. The van der Waals surface area contributed by atoms with Crippen molar-refractivity contribution in [1.29, 1.82) is 0 Å². The Hall–Kier alpha value is -2.29. The van der Waals surface area contributed by atoms with Crippen LogP contribution < -0.4 is 0 Å². The molecule has 98 valence electrons. The van der Waals surface area contributed by atoms with Gasteiger partial charge in [-0.25, -0.2) is 4.79 Å². The summed E-state index contributed by atoms with van der Waals surface area (Å²) in [6.07, 6.45) is 0. The van der Waals surface area contributed by atoms with E-state index in [1.165, 1.54) is 13.2 Å². The summed E-state index contributed by atoms with van der Waals surface area (Å²) in [5.74, 6) is -0.399. The highest BCUT2D eigenvalue weighted by Gasteiger charge is 2.12. The van der Waals surface area contributed by atoms with Crippen LogP contribution in [0.5, 0.6) is 5.75 Å². The first-order valence-electron chi connectivity index (χ1n) is 6.02. The van der Waals surface area contributed by atoms with Crippen molar-refractivity contribution in [1.82, 2.24) is 0 Å². The number of hydrogen-bond acceptors (Lipinski definition) is 3. The summed E-state index contributed by atoms with van der Waals surface area (Å²) in [6, 6.07) is 10.8. The van der Waals surface area contributed by atoms with Gasteiger partial charge in [0, 0.05) is 0 Å². The molecule has 1 N–H and O–H groups in total. The molecule has 0 atom stereocenters. The van der Waals surface area contributed by atoms with E-state index in [4.69, 9.17) is 4.74 Å². The second-order valence-corrected chi connectivity index (χ2v) is 4.53. The van der Waals surface area contributed by atoms with Crippen molar-refractivity contribution in [2.24, 2.45) is 0 Å². The molecule has 0 saturated heterocycles. The highest BCUT2D eigenvalue weighted by molar-refractivity contribution is 5.92. The van der Waals surface area contributed by atoms with Crippen molar-refractivity contribution < 1.29 is 14.6 Å². The molecule has 0 radical (unpaired) electrons. The molecule has 2 aromatic rings. The van der Waals surface area contributed by atoms with E-state index in [1.807, 2.05) is 32.0 Å². The Morgan fingerprint density at radius 2 is 1.74 bits per heavy atom. The number of carbonyl (C=O) groups is 1. The monoisotopic (exact) mass is 256 g/mol. The molecule has 0 saturated carbocycles. The molecule has 2 rings (SSSR count). The van der Waals surface area contributed by atoms with E-state index in [1.54, 1.807) is 12.1 Å². The second-order valence-electron chi connectivity index (χ2n) is 4.53. The van der Waals surface area contributed by atoms with Crippen molar-refractivity contribution in [2.45, 2.75) is 13.8 Å². The lowest BCUT2D eigenvalue weighted by atomic mass is 9.94. The molecule has 0 fully saturated rings. The fraction of sp³-hybridized carbons (Fsp3) is 0.188. The number of methoxy groups -OCH3 is 1. The van der Waals surface area contributed by atoms with Crippen molar-refractivity contribution in [3.63, 3.8) is 0 Å². The van der Waals surface area contributed by atoms with Crippen molar-refractivity contribution in [3.8, 4) is 16.9 Å². The number of phenols is 1. The number of rotatable bonds is 2. The van der Waals surface area contributed by atoms with Crippen LogP contribution in [0.2, 0.25) is 0 Å². The van der Waals surface area contributed by atoms with Gasteiger partial charge in [-0.05, 0) is 54.3 Å². The number of aromatic hydroxyl groups is 1. The van der Waals surface area contributed by atoms with Crippen LogP contribution in [0.1, 0.15) is 21.5 Å². The Balaban J connectivity index is 2.63. The second kappa shape index (κ2) is 5.14. The molecule has 2 aromatic carbocycles. The van der Waals surface area contributed by atoms with Crippen LogP contribution in [-0.2, 0) is 4.74 Å². The molecule has 0 aliphatic rings. The molecule has 0 heterocycles. The van der Waals surface area contributed by atoms with E-state index >= 15 is 0 Å². The van der Waals surface area contributed by atoms with Gasteiger partial charge in [-0.1, -0.05) is 18.2 Å². The van der Waals surface area contributed by atoms with Gasteiger partial charge in [0.25, 0.3) is 0 Å². The largest absolute Gasteiger partial charge is 0.508 e. The maximum absolute atomic E-state index is 11.6. The summed E-state index contributed by atoms with van der Waals surface area (Å²) >= 11 is 0. The first-order valence-corrected chi connectivity index (χ1v) is 6.02. The molecule has 0 unspecified atom stereocenters. The van der Waals surface area contributed by atoms with Crippen molar-refractivity contribution in [3.05, 3.63) is 53.1 Å². The molecule has 0 aliphatic carbocycles. The van der Waals surface area contributed by atoms with E-state index in [9.17, 15) is 9.90 Å². The highest BCUT2D eigenvalue weighted by atomic mass is 16.5. The fourth-order valence-electron chi connectivity index (χ4n) is 2.26. The fourth-order valence-corrected chi connectivity index (χ4v) is 2.26. The van der Waals surface area contributed by atoms with Gasteiger partial charge in [-0.15, -0.1) is 0 Å². The number of carbonyl (C=O) groups excluding carboxylic acids is 1. The minimum Gasteiger partial charge on any atom is -0.508 e. The highest BCUT2D eigenvalue weighted by Crippen LogP contribution is 2.30. The van der Waals surface area contributed by atoms with Crippen LogP contribution in [-0.4, -0.2) is 18.2 Å². The molecule has 0 spiro atoms. The molecular weight excluding hydrogens is 240 g/mol. The normalized spacial score (nSPS) is 10.3. The third-order valence-electron chi connectivity index (χ3n) is 3.11. The van der Waals surface area contributed by atoms with Crippen LogP contribution >= 0.6 is 0 Å². The summed E-state index contributed by atoms with van der Waals surface area (Å²) < 4.78 is 4.69. The number of phenolic OH excluding ortho intramolecular Hbond substituents is 1. The zero-order chi connectivity index (χ0) is 14.0. The minimum absolute atomic E-state index is 0.0561. The van der Waals surface area contributed by atoms with Gasteiger partial charge in [0.05, 0.1) is 12.7 Å². The van der Waals surface area contributed by atoms with Crippen LogP contribution in [0.4, 0.5) is 0 Å². The Morgan fingerprint density at radius 3 is 2.32 bits per heavy atom. The van der Waals surface area contributed by atoms with Crippen molar-refractivity contribution >= 4 is 5.97 Å². The lowest BCUT2D eigenvalue weighted by Crippen LogP contribution is -2.01. The molecule has 0 bridgehead atoms. The molecule has 0 amide bonds. The van der Waals surface area contributed by atoms with Gasteiger partial charge in [0.1, 0.15) is 5.75 Å². The Morgan fingerprint density at radius 1 is 1.11 bits per heavy atom. The molecule has 0 aliphatic heterocycles. The zero-order valence-electron chi connectivity index (χ0n) is 11.2. The summed E-state index contributed by atoms with van der Waals surface area (Å²) in [5, 5.41) is 9.77. The third-order valence-corrected chi connectivity index (χ3v) is 3.11. The summed E-state index contributed by atoms with van der Waals surface area (Å²) in [4.78, 5) is 11.6. The lowest BCUT2D eigenvalue weighted by molar-refractivity contribution is 0.0600. The number of benzene rings is 2. The SMILES string of the molecule is COC(=O)c1cc(O)cc(-c2c(C)cccc2C)c1. The average molecular weight is 256 g/mol. The number of hydrogen-bond donors (Lipinski definition) is 1. The third kappa shape index (κ3) is 2.60. The predicted molar refractivity (Wildman–Crippen MR) is 74.4 cm³/mol. The van der Waals surface area contributed by atoms with E-state index in [0.29, 0.717) is 5.56 Å². The molecule has 0 aromatic heterocycles. The van der Waals surface area contributed by atoms with Gasteiger partial charge in [0.15, 0.2) is 0 Å². The summed E-state index contributed by atoms with van der Waals surface area (Å²) in [5.41, 5.74) is 4.39. The van der Waals surface area contributed by atoms with E-state index < -0.39 is 5.97 Å².